The molecule has 7 nitrogen and oxygen atoms in total. The first kappa shape index (κ1) is 22.5. The molecule has 3 rings (SSSR count). The molecule has 1 heterocycles. The van der Waals surface area contributed by atoms with Crippen LogP contribution in [0.5, 0.6) is 28.7 Å². The Hall–Kier alpha value is -3.23. The van der Waals surface area contributed by atoms with Gasteiger partial charge in [0.1, 0.15) is 5.75 Å². The van der Waals surface area contributed by atoms with Crippen molar-refractivity contribution in [3.05, 3.63) is 63.8 Å². The van der Waals surface area contributed by atoms with Gasteiger partial charge in [-0.2, -0.15) is 0 Å². The van der Waals surface area contributed by atoms with Crippen LogP contribution in [0, 0.1) is 0 Å². The van der Waals surface area contributed by atoms with Crippen molar-refractivity contribution < 1.29 is 23.7 Å². The van der Waals surface area contributed by atoms with Gasteiger partial charge in [-0.05, 0) is 42.1 Å². The van der Waals surface area contributed by atoms with E-state index in [9.17, 15) is 4.79 Å². The van der Waals surface area contributed by atoms with E-state index in [1.165, 1.54) is 21.3 Å². The van der Waals surface area contributed by atoms with Crippen molar-refractivity contribution in [3.63, 3.8) is 0 Å². The van der Waals surface area contributed by atoms with E-state index in [-0.39, 0.29) is 23.0 Å². The summed E-state index contributed by atoms with van der Waals surface area (Å²) in [5.41, 5.74) is 7.01. The van der Waals surface area contributed by atoms with Crippen LogP contribution in [0.15, 0.2) is 47.8 Å². The van der Waals surface area contributed by atoms with Gasteiger partial charge in [0, 0.05) is 10.9 Å². The zero-order valence-corrected chi connectivity index (χ0v) is 18.6. The number of hydrogen-bond acceptors (Lipinski definition) is 7. The van der Waals surface area contributed by atoms with E-state index in [1.807, 2.05) is 41.8 Å². The maximum atomic E-state index is 13.0. The molecule has 164 valence electrons. The summed E-state index contributed by atoms with van der Waals surface area (Å²) in [5.74, 6) is 1.51. The molecule has 8 heteroatoms. The molecule has 0 aliphatic rings. The van der Waals surface area contributed by atoms with E-state index in [1.54, 1.807) is 17.4 Å². The molecule has 0 bridgehead atoms. The molecule has 0 fully saturated rings. The number of methoxy groups -OCH3 is 3. The van der Waals surface area contributed by atoms with Crippen LogP contribution in [0.25, 0.3) is 0 Å². The summed E-state index contributed by atoms with van der Waals surface area (Å²) in [6.07, 6.45) is 0.786. The minimum Gasteiger partial charge on any atom is -0.492 e. The van der Waals surface area contributed by atoms with Crippen molar-refractivity contribution in [2.75, 3.05) is 27.9 Å². The van der Waals surface area contributed by atoms with Crippen molar-refractivity contribution in [2.45, 2.75) is 13.0 Å². The Labute approximate surface area is 185 Å². The van der Waals surface area contributed by atoms with Crippen LogP contribution < -0.4 is 30.0 Å². The topological polar surface area (TPSA) is 92.0 Å². The molecule has 1 aromatic heterocycles. The van der Waals surface area contributed by atoms with Crippen molar-refractivity contribution in [1.29, 1.82) is 0 Å². The van der Waals surface area contributed by atoms with Gasteiger partial charge in [-0.3, -0.25) is 4.79 Å². The zero-order valence-electron chi connectivity index (χ0n) is 17.8. The first-order valence-corrected chi connectivity index (χ1v) is 10.6. The summed E-state index contributed by atoms with van der Waals surface area (Å²) in [7, 11) is 4.47. The van der Waals surface area contributed by atoms with Crippen molar-refractivity contribution >= 4 is 17.2 Å². The molecule has 0 aliphatic carbocycles. The molecule has 0 saturated heterocycles. The Morgan fingerprint density at radius 1 is 1.00 bits per heavy atom. The highest BCUT2D eigenvalue weighted by Crippen LogP contribution is 2.47. The maximum absolute atomic E-state index is 13.0. The summed E-state index contributed by atoms with van der Waals surface area (Å²) >= 11 is 1.57. The highest BCUT2D eigenvalue weighted by Gasteiger charge is 2.26. The number of hydrogen-bond donors (Lipinski definition) is 2. The van der Waals surface area contributed by atoms with Gasteiger partial charge in [0.05, 0.1) is 33.4 Å². The van der Waals surface area contributed by atoms with Crippen LogP contribution in [-0.2, 0) is 13.0 Å². The predicted octanol–water partition coefficient (Wildman–Crippen LogP) is 4.00. The number of amides is 1. The summed E-state index contributed by atoms with van der Waals surface area (Å²) in [6.45, 7) is 0.987. The van der Waals surface area contributed by atoms with Gasteiger partial charge in [0.2, 0.25) is 11.5 Å². The van der Waals surface area contributed by atoms with Crippen LogP contribution in [0.1, 0.15) is 20.8 Å². The molecule has 0 spiro atoms. The van der Waals surface area contributed by atoms with E-state index in [2.05, 4.69) is 5.32 Å². The van der Waals surface area contributed by atoms with E-state index < -0.39 is 0 Å². The quantitative estimate of drug-likeness (QED) is 0.493. The van der Waals surface area contributed by atoms with Gasteiger partial charge in [0.25, 0.3) is 5.91 Å². The Morgan fingerprint density at radius 3 is 2.29 bits per heavy atom. The zero-order chi connectivity index (χ0) is 22.2. The number of thiophene rings is 1. The second kappa shape index (κ2) is 10.7. The largest absolute Gasteiger partial charge is 0.492 e. The molecule has 31 heavy (non-hydrogen) atoms. The second-order valence-corrected chi connectivity index (χ2v) is 7.60. The average Bonchev–Trinajstić information content (AvgIpc) is 3.31. The minimum absolute atomic E-state index is 0.272. The van der Waals surface area contributed by atoms with Crippen LogP contribution in [-0.4, -0.2) is 33.8 Å². The summed E-state index contributed by atoms with van der Waals surface area (Å²) < 4.78 is 22.6. The molecular weight excluding hydrogens is 416 g/mol. The van der Waals surface area contributed by atoms with Crippen molar-refractivity contribution in [3.8, 4) is 28.7 Å². The number of carbonyl (C=O) groups is 1. The second-order valence-electron chi connectivity index (χ2n) is 6.57. The number of rotatable bonds is 10. The molecule has 3 aromatic rings. The van der Waals surface area contributed by atoms with Crippen LogP contribution in [0.4, 0.5) is 0 Å². The van der Waals surface area contributed by atoms with Crippen LogP contribution >= 0.6 is 11.3 Å². The third-order valence-electron chi connectivity index (χ3n) is 4.60. The average molecular weight is 443 g/mol. The van der Waals surface area contributed by atoms with E-state index >= 15 is 0 Å². The number of nitrogens with one attached hydrogen (secondary N) is 1. The molecule has 0 aliphatic heterocycles. The molecule has 2 aromatic carbocycles. The van der Waals surface area contributed by atoms with E-state index in [0.29, 0.717) is 30.3 Å². The van der Waals surface area contributed by atoms with Gasteiger partial charge < -0.3 is 30.0 Å². The Balaban J connectivity index is 1.95. The standard InChI is InChI=1S/C23H26N2O5S/c1-27-20-18(23(26)25-14-17-5-4-12-31-17)13-19(21(28-2)22(20)29-3)30-16-8-6-15(7-9-16)10-11-24/h4-9,12-13H,10-11,14,24H2,1-3H3,(H,25,26). The smallest absolute Gasteiger partial charge is 0.255 e. The minimum atomic E-state index is -0.311. The first-order valence-electron chi connectivity index (χ1n) is 9.71. The number of nitrogens with two attached hydrogens (primary N) is 1. The Bertz CT molecular complexity index is 1000. The summed E-state index contributed by atoms with van der Waals surface area (Å²) in [6, 6.07) is 13.1. The fraction of sp³-hybridized carbons (Fsp3) is 0.261. The molecule has 0 atom stereocenters. The van der Waals surface area contributed by atoms with Gasteiger partial charge in [-0.25, -0.2) is 0 Å². The molecular formula is C23H26N2O5S. The predicted molar refractivity (Wildman–Crippen MR) is 121 cm³/mol. The Kier molecular flexibility index (Phi) is 7.75. The third kappa shape index (κ3) is 5.28. The van der Waals surface area contributed by atoms with Gasteiger partial charge in [-0.15, -0.1) is 11.3 Å². The summed E-state index contributed by atoms with van der Waals surface area (Å²) in [4.78, 5) is 14.0. The summed E-state index contributed by atoms with van der Waals surface area (Å²) in [5, 5.41) is 4.87. The fourth-order valence-electron chi connectivity index (χ4n) is 3.12. The highest BCUT2D eigenvalue weighted by atomic mass is 32.1. The molecule has 1 amide bonds. The lowest BCUT2D eigenvalue weighted by Crippen LogP contribution is -2.23. The lowest BCUT2D eigenvalue weighted by Gasteiger charge is -2.19. The van der Waals surface area contributed by atoms with Crippen molar-refractivity contribution in [2.24, 2.45) is 5.73 Å². The van der Waals surface area contributed by atoms with Crippen molar-refractivity contribution in [1.82, 2.24) is 5.32 Å². The fourth-order valence-corrected chi connectivity index (χ4v) is 3.76. The molecule has 3 N–H and O–H groups in total. The van der Waals surface area contributed by atoms with Gasteiger partial charge >= 0.3 is 0 Å². The lowest BCUT2D eigenvalue weighted by atomic mass is 10.1. The van der Waals surface area contributed by atoms with E-state index in [4.69, 9.17) is 24.7 Å². The maximum Gasteiger partial charge on any atom is 0.255 e. The highest BCUT2D eigenvalue weighted by molar-refractivity contribution is 7.09. The van der Waals surface area contributed by atoms with Gasteiger partial charge in [-0.1, -0.05) is 18.2 Å². The number of benzene rings is 2. The first-order chi connectivity index (χ1) is 15.1. The van der Waals surface area contributed by atoms with E-state index in [0.717, 1.165) is 16.9 Å². The normalized spacial score (nSPS) is 10.5. The van der Waals surface area contributed by atoms with Gasteiger partial charge in [0.15, 0.2) is 11.5 Å². The monoisotopic (exact) mass is 442 g/mol. The van der Waals surface area contributed by atoms with Crippen LogP contribution in [0.2, 0.25) is 0 Å². The number of carbonyl (C=O) groups excluding carboxylic acids is 1. The lowest BCUT2D eigenvalue weighted by molar-refractivity contribution is 0.0947. The molecule has 0 unspecified atom stereocenters. The van der Waals surface area contributed by atoms with Crippen LogP contribution in [0.3, 0.4) is 0 Å². The number of ether oxygens (including phenoxy) is 4. The third-order valence-corrected chi connectivity index (χ3v) is 5.48. The Morgan fingerprint density at radius 2 is 1.71 bits per heavy atom. The molecule has 0 saturated carbocycles. The SMILES string of the molecule is COc1c(Oc2ccc(CCN)cc2)cc(C(=O)NCc2cccs2)c(OC)c1OC. The molecule has 0 radical (unpaired) electrons.